The highest BCUT2D eigenvalue weighted by Crippen LogP contribution is 2.32. The predicted octanol–water partition coefficient (Wildman–Crippen LogP) is 3.19. The number of fused-ring (bicyclic) bond motifs is 1. The van der Waals surface area contributed by atoms with Crippen LogP contribution in [0.1, 0.15) is 44.6 Å². The first-order chi connectivity index (χ1) is 12.5. The Morgan fingerprint density at radius 3 is 2.85 bits per heavy atom. The largest absolute Gasteiger partial charge is 0.496 e. The van der Waals surface area contributed by atoms with Gasteiger partial charge in [0.1, 0.15) is 5.75 Å². The summed E-state index contributed by atoms with van der Waals surface area (Å²) in [6, 6.07) is 7.64. The number of benzene rings is 1. The fraction of sp³-hybridized carbons (Fsp3) is 0.400. The van der Waals surface area contributed by atoms with Crippen molar-refractivity contribution in [1.29, 1.82) is 0 Å². The maximum atomic E-state index is 12.3. The second-order valence-corrected chi connectivity index (χ2v) is 8.04. The molecule has 1 heterocycles. The van der Waals surface area contributed by atoms with Crippen LogP contribution < -0.4 is 15.6 Å². The van der Waals surface area contributed by atoms with Gasteiger partial charge in [-0.1, -0.05) is 24.6 Å². The number of amides is 2. The Labute approximate surface area is 157 Å². The lowest BCUT2D eigenvalue weighted by Crippen LogP contribution is -2.42. The van der Waals surface area contributed by atoms with Crippen LogP contribution in [-0.2, 0) is 24.1 Å². The molecule has 1 aromatic heterocycles. The van der Waals surface area contributed by atoms with Gasteiger partial charge >= 0.3 is 0 Å². The highest BCUT2D eigenvalue weighted by molar-refractivity contribution is 7.14. The molecule has 2 amide bonds. The number of nitrogens with one attached hydrogen (secondary N) is 2. The van der Waals surface area contributed by atoms with Crippen molar-refractivity contribution in [1.82, 2.24) is 10.9 Å². The molecule has 26 heavy (non-hydrogen) atoms. The summed E-state index contributed by atoms with van der Waals surface area (Å²) >= 11 is 1.53. The van der Waals surface area contributed by atoms with E-state index in [1.54, 1.807) is 7.11 Å². The molecule has 0 radical (unpaired) electrons. The third-order valence-electron chi connectivity index (χ3n) is 4.66. The smallest absolute Gasteiger partial charge is 0.279 e. The standard InChI is InChI=1S/C20H24N2O3S/c1-12-4-6-16(25-3)14(8-12)11-19(23)21-22-20(24)18-10-15-9-13(2)5-7-17(15)26-18/h4,6,8,10,13H,5,7,9,11H2,1-3H3,(H,21,23)(H,22,24)/t13-/m0/s1. The molecule has 6 heteroatoms. The zero-order chi connectivity index (χ0) is 18.7. The van der Waals surface area contributed by atoms with Crippen LogP contribution >= 0.6 is 11.3 Å². The molecule has 0 saturated heterocycles. The Hall–Kier alpha value is -2.34. The summed E-state index contributed by atoms with van der Waals surface area (Å²) < 4.78 is 5.29. The van der Waals surface area contributed by atoms with Crippen LogP contribution in [0.25, 0.3) is 0 Å². The lowest BCUT2D eigenvalue weighted by atomic mass is 9.90. The topological polar surface area (TPSA) is 67.4 Å². The number of carbonyl (C=O) groups is 2. The normalized spacial score (nSPS) is 15.9. The first-order valence-electron chi connectivity index (χ1n) is 8.80. The van der Waals surface area contributed by atoms with E-state index in [1.165, 1.54) is 28.2 Å². The van der Waals surface area contributed by atoms with E-state index in [0.717, 1.165) is 24.0 Å². The average Bonchev–Trinajstić information content (AvgIpc) is 3.03. The molecule has 0 spiro atoms. The van der Waals surface area contributed by atoms with E-state index in [0.29, 0.717) is 16.5 Å². The molecule has 0 aliphatic heterocycles. The molecule has 0 bridgehead atoms. The number of carbonyl (C=O) groups excluding carboxylic acids is 2. The van der Waals surface area contributed by atoms with Crippen LogP contribution in [0.2, 0.25) is 0 Å². The Balaban J connectivity index is 1.58. The van der Waals surface area contributed by atoms with Crippen LogP contribution in [0.3, 0.4) is 0 Å². The Bertz CT molecular complexity index is 828. The molecule has 5 nitrogen and oxygen atoms in total. The molecule has 0 fully saturated rings. The van der Waals surface area contributed by atoms with E-state index in [-0.39, 0.29) is 18.2 Å². The monoisotopic (exact) mass is 372 g/mol. The van der Waals surface area contributed by atoms with Gasteiger partial charge in [0.05, 0.1) is 18.4 Å². The van der Waals surface area contributed by atoms with E-state index < -0.39 is 0 Å². The van der Waals surface area contributed by atoms with Crippen molar-refractivity contribution in [2.45, 2.75) is 39.5 Å². The van der Waals surface area contributed by atoms with Gasteiger partial charge in [0.2, 0.25) is 5.91 Å². The van der Waals surface area contributed by atoms with Gasteiger partial charge in [-0.25, -0.2) is 0 Å². The SMILES string of the molecule is COc1ccc(C)cc1CC(=O)NNC(=O)c1cc2c(s1)CC[C@H](C)C2. The molecular formula is C20H24N2O3S. The van der Waals surface area contributed by atoms with Crippen molar-refractivity contribution in [3.63, 3.8) is 0 Å². The molecule has 3 rings (SSSR count). The second kappa shape index (κ2) is 7.91. The summed E-state index contributed by atoms with van der Waals surface area (Å²) in [6.07, 6.45) is 3.37. The van der Waals surface area contributed by atoms with E-state index in [2.05, 4.69) is 17.8 Å². The minimum atomic E-state index is -0.280. The number of hydrazine groups is 1. The molecule has 1 aliphatic rings. The minimum absolute atomic E-state index is 0.142. The predicted molar refractivity (Wildman–Crippen MR) is 103 cm³/mol. The zero-order valence-corrected chi connectivity index (χ0v) is 16.2. The summed E-state index contributed by atoms with van der Waals surface area (Å²) in [4.78, 5) is 26.5. The summed E-state index contributed by atoms with van der Waals surface area (Å²) in [5.74, 6) is 0.785. The van der Waals surface area contributed by atoms with Crippen molar-refractivity contribution in [2.24, 2.45) is 5.92 Å². The van der Waals surface area contributed by atoms with E-state index >= 15 is 0 Å². The number of ether oxygens (including phenoxy) is 1. The number of thiophene rings is 1. The highest BCUT2D eigenvalue weighted by atomic mass is 32.1. The molecule has 1 atom stereocenters. The molecular weight excluding hydrogens is 348 g/mol. The fourth-order valence-electron chi connectivity index (χ4n) is 3.27. The van der Waals surface area contributed by atoms with Gasteiger partial charge in [0.25, 0.3) is 5.91 Å². The first-order valence-corrected chi connectivity index (χ1v) is 9.62. The zero-order valence-electron chi connectivity index (χ0n) is 15.3. The van der Waals surface area contributed by atoms with Crippen LogP contribution in [0.15, 0.2) is 24.3 Å². The number of rotatable bonds is 4. The summed E-state index contributed by atoms with van der Waals surface area (Å²) in [5.41, 5.74) is 8.14. The lowest BCUT2D eigenvalue weighted by Gasteiger charge is -2.16. The molecule has 2 N–H and O–H groups in total. The maximum absolute atomic E-state index is 12.3. The van der Waals surface area contributed by atoms with Gasteiger partial charge in [0.15, 0.2) is 0 Å². The van der Waals surface area contributed by atoms with Gasteiger partial charge in [-0.05, 0) is 49.8 Å². The molecule has 1 aliphatic carbocycles. The molecule has 0 saturated carbocycles. The third-order valence-corrected chi connectivity index (χ3v) is 5.89. The summed E-state index contributed by atoms with van der Waals surface area (Å²) in [5, 5.41) is 0. The van der Waals surface area contributed by atoms with E-state index in [9.17, 15) is 9.59 Å². The fourth-order valence-corrected chi connectivity index (χ4v) is 4.37. The van der Waals surface area contributed by atoms with Crippen molar-refractivity contribution < 1.29 is 14.3 Å². The van der Waals surface area contributed by atoms with Gasteiger partial charge in [-0.15, -0.1) is 11.3 Å². The van der Waals surface area contributed by atoms with Crippen LogP contribution in [-0.4, -0.2) is 18.9 Å². The second-order valence-electron chi connectivity index (χ2n) is 6.90. The third kappa shape index (κ3) is 4.25. The number of hydrogen-bond acceptors (Lipinski definition) is 4. The number of aryl methyl sites for hydroxylation is 2. The Morgan fingerprint density at radius 2 is 2.08 bits per heavy atom. The van der Waals surface area contributed by atoms with Gasteiger partial charge < -0.3 is 4.74 Å². The number of methoxy groups -OCH3 is 1. The van der Waals surface area contributed by atoms with Gasteiger partial charge in [-0.2, -0.15) is 0 Å². The quantitative estimate of drug-likeness (QED) is 0.810. The van der Waals surface area contributed by atoms with Crippen LogP contribution in [0, 0.1) is 12.8 Å². The van der Waals surface area contributed by atoms with E-state index in [4.69, 9.17) is 4.74 Å². The molecule has 2 aromatic rings. The summed E-state index contributed by atoms with van der Waals surface area (Å²) in [6.45, 7) is 4.20. The van der Waals surface area contributed by atoms with Crippen molar-refractivity contribution in [3.05, 3.63) is 50.7 Å². The van der Waals surface area contributed by atoms with Crippen molar-refractivity contribution in [2.75, 3.05) is 7.11 Å². The summed E-state index contributed by atoms with van der Waals surface area (Å²) in [7, 11) is 1.58. The van der Waals surface area contributed by atoms with E-state index in [1.807, 2.05) is 31.2 Å². The van der Waals surface area contributed by atoms with Crippen LogP contribution in [0.4, 0.5) is 0 Å². The van der Waals surface area contributed by atoms with Gasteiger partial charge in [0, 0.05) is 10.4 Å². The average molecular weight is 372 g/mol. The Morgan fingerprint density at radius 1 is 1.27 bits per heavy atom. The van der Waals surface area contributed by atoms with Crippen LogP contribution in [0.5, 0.6) is 5.75 Å². The molecule has 0 unspecified atom stereocenters. The van der Waals surface area contributed by atoms with Gasteiger partial charge in [-0.3, -0.25) is 20.4 Å². The number of hydrogen-bond donors (Lipinski definition) is 2. The first kappa shape index (κ1) is 18.5. The van der Waals surface area contributed by atoms with Crippen molar-refractivity contribution in [3.8, 4) is 5.75 Å². The minimum Gasteiger partial charge on any atom is -0.496 e. The lowest BCUT2D eigenvalue weighted by molar-refractivity contribution is -0.121. The molecule has 1 aromatic carbocycles. The molecule has 138 valence electrons. The maximum Gasteiger partial charge on any atom is 0.279 e. The van der Waals surface area contributed by atoms with Crippen molar-refractivity contribution >= 4 is 23.2 Å². The Kier molecular flexibility index (Phi) is 5.61. The highest BCUT2D eigenvalue weighted by Gasteiger charge is 2.21.